The number of ether oxygens (including phenoxy) is 1. The van der Waals surface area contributed by atoms with Gasteiger partial charge in [-0.05, 0) is 36.2 Å². The van der Waals surface area contributed by atoms with Crippen LogP contribution in [0.4, 0.5) is 0 Å². The minimum atomic E-state index is -0.313. The summed E-state index contributed by atoms with van der Waals surface area (Å²) in [6.45, 7) is 1.73. The van der Waals surface area contributed by atoms with Crippen LogP contribution in [0.15, 0.2) is 88.4 Å². The van der Waals surface area contributed by atoms with E-state index in [2.05, 4.69) is 26.5 Å². The van der Waals surface area contributed by atoms with E-state index in [4.69, 9.17) is 4.74 Å². The van der Waals surface area contributed by atoms with E-state index in [0.717, 1.165) is 21.2 Å². The minimum Gasteiger partial charge on any atom is -0.483 e. The van der Waals surface area contributed by atoms with E-state index in [1.807, 2.05) is 85.8 Å². The molecule has 0 aliphatic carbocycles. The minimum absolute atomic E-state index is 0.112. The van der Waals surface area contributed by atoms with E-state index in [1.54, 1.807) is 0 Å². The Hall–Kier alpha value is -2.92. The first-order valence-corrected chi connectivity index (χ1v) is 9.29. The molecule has 3 rings (SSSR count). The van der Waals surface area contributed by atoms with Crippen molar-refractivity contribution in [2.24, 2.45) is 5.10 Å². The highest BCUT2D eigenvalue weighted by atomic mass is 79.9. The number of nitrogens with zero attached hydrogens (tertiary/aromatic N) is 1. The predicted octanol–water partition coefficient (Wildman–Crippen LogP) is 5.04. The number of rotatable bonds is 6. The van der Waals surface area contributed by atoms with E-state index in [9.17, 15) is 4.79 Å². The Bertz CT molecular complexity index is 955. The molecule has 0 saturated heterocycles. The number of hydrogen-bond acceptors (Lipinski definition) is 3. The number of halogens is 1. The van der Waals surface area contributed by atoms with Gasteiger partial charge in [0.1, 0.15) is 5.75 Å². The van der Waals surface area contributed by atoms with Gasteiger partial charge in [0.2, 0.25) is 0 Å². The molecule has 3 aromatic carbocycles. The number of hydrazone groups is 1. The summed E-state index contributed by atoms with van der Waals surface area (Å²) >= 11 is 3.42. The summed E-state index contributed by atoms with van der Waals surface area (Å²) < 4.78 is 6.68. The van der Waals surface area contributed by atoms with Crippen molar-refractivity contribution in [3.63, 3.8) is 0 Å². The Kier molecular flexibility index (Phi) is 6.39. The van der Waals surface area contributed by atoms with Crippen LogP contribution in [0.25, 0.3) is 11.1 Å². The molecule has 1 amide bonds. The Balaban J connectivity index is 1.63. The number of carbonyl (C=O) groups excluding carboxylic acids is 1. The van der Waals surface area contributed by atoms with Gasteiger partial charge in [-0.3, -0.25) is 4.79 Å². The number of hydrogen-bond donors (Lipinski definition) is 1. The molecule has 0 saturated carbocycles. The molecular formula is C22H19BrN2O2. The zero-order valence-corrected chi connectivity index (χ0v) is 16.4. The first-order chi connectivity index (χ1) is 13.1. The second kappa shape index (κ2) is 9.14. The molecule has 0 fully saturated rings. The van der Waals surface area contributed by atoms with Crippen LogP contribution < -0.4 is 10.2 Å². The number of para-hydroxylation sites is 1. The molecule has 0 aliphatic heterocycles. The summed E-state index contributed by atoms with van der Waals surface area (Å²) in [6, 6.07) is 25.3. The van der Waals surface area contributed by atoms with Crippen molar-refractivity contribution in [2.45, 2.75) is 6.92 Å². The van der Waals surface area contributed by atoms with Gasteiger partial charge in [-0.15, -0.1) is 0 Å². The van der Waals surface area contributed by atoms with E-state index >= 15 is 0 Å². The molecule has 0 radical (unpaired) electrons. The summed E-state index contributed by atoms with van der Waals surface area (Å²) in [5.74, 6) is 0.346. The smallest absolute Gasteiger partial charge is 0.277 e. The molecule has 0 unspecified atom stereocenters. The molecule has 0 heterocycles. The fourth-order valence-corrected chi connectivity index (χ4v) is 2.95. The molecule has 0 atom stereocenters. The molecule has 136 valence electrons. The molecule has 5 heteroatoms. The zero-order chi connectivity index (χ0) is 19.1. The van der Waals surface area contributed by atoms with Crippen LogP contribution in [-0.2, 0) is 4.79 Å². The molecule has 0 bridgehead atoms. The van der Waals surface area contributed by atoms with Crippen molar-refractivity contribution in [1.29, 1.82) is 0 Å². The first kappa shape index (κ1) is 18.9. The van der Waals surface area contributed by atoms with Crippen molar-refractivity contribution in [1.82, 2.24) is 5.43 Å². The summed E-state index contributed by atoms with van der Waals surface area (Å²) in [5.41, 5.74) is 6.17. The van der Waals surface area contributed by atoms with Crippen molar-refractivity contribution >= 4 is 27.5 Å². The van der Waals surface area contributed by atoms with Gasteiger partial charge in [-0.2, -0.15) is 5.10 Å². The monoisotopic (exact) mass is 422 g/mol. The van der Waals surface area contributed by atoms with Gasteiger partial charge in [0.25, 0.3) is 5.91 Å². The Morgan fingerprint density at radius 3 is 2.52 bits per heavy atom. The first-order valence-electron chi connectivity index (χ1n) is 8.50. The maximum absolute atomic E-state index is 12.1. The highest BCUT2D eigenvalue weighted by molar-refractivity contribution is 9.10. The van der Waals surface area contributed by atoms with Gasteiger partial charge in [-0.25, -0.2) is 5.43 Å². The lowest BCUT2D eigenvalue weighted by molar-refractivity contribution is -0.123. The molecule has 1 N–H and O–H groups in total. The Morgan fingerprint density at radius 2 is 1.74 bits per heavy atom. The third-order valence-electron chi connectivity index (χ3n) is 3.92. The van der Waals surface area contributed by atoms with Gasteiger partial charge in [0, 0.05) is 10.0 Å². The van der Waals surface area contributed by atoms with Crippen LogP contribution in [0.1, 0.15) is 12.5 Å². The van der Waals surface area contributed by atoms with E-state index < -0.39 is 0 Å². The van der Waals surface area contributed by atoms with E-state index in [-0.39, 0.29) is 12.5 Å². The van der Waals surface area contributed by atoms with Crippen molar-refractivity contribution in [2.75, 3.05) is 6.61 Å². The summed E-state index contributed by atoms with van der Waals surface area (Å²) in [5, 5.41) is 4.14. The molecule has 0 aliphatic rings. The largest absolute Gasteiger partial charge is 0.483 e. The summed E-state index contributed by atoms with van der Waals surface area (Å²) in [7, 11) is 0. The fourth-order valence-electron chi connectivity index (χ4n) is 2.55. The molecule has 4 nitrogen and oxygen atoms in total. The lowest BCUT2D eigenvalue weighted by atomic mass is 10.1. The highest BCUT2D eigenvalue weighted by Gasteiger charge is 2.08. The standard InChI is InChI=1S/C22H19BrN2O2/c1-16(18-10-7-11-19(23)14-18)24-25-22(26)15-27-21-13-6-5-12-20(21)17-8-3-2-4-9-17/h2-14H,15H2,1H3,(H,25,26)/b24-16+. The second-order valence-corrected chi connectivity index (χ2v) is 6.81. The SMILES string of the molecule is C/C(=N\NC(=O)COc1ccccc1-c1ccccc1)c1cccc(Br)c1. The average molecular weight is 423 g/mol. The normalized spacial score (nSPS) is 11.1. The Labute approximate surface area is 167 Å². The van der Waals surface area contributed by atoms with E-state index in [1.165, 1.54) is 0 Å². The average Bonchev–Trinajstić information content (AvgIpc) is 2.71. The highest BCUT2D eigenvalue weighted by Crippen LogP contribution is 2.29. The third kappa shape index (κ3) is 5.28. The van der Waals surface area contributed by atoms with Gasteiger partial charge >= 0.3 is 0 Å². The number of amides is 1. The number of carbonyl (C=O) groups is 1. The molecule has 0 spiro atoms. The third-order valence-corrected chi connectivity index (χ3v) is 4.41. The summed E-state index contributed by atoms with van der Waals surface area (Å²) in [4.78, 5) is 12.1. The van der Waals surface area contributed by atoms with Crippen LogP contribution in [0.3, 0.4) is 0 Å². The lowest BCUT2D eigenvalue weighted by Gasteiger charge is -2.11. The lowest BCUT2D eigenvalue weighted by Crippen LogP contribution is -2.25. The maximum atomic E-state index is 12.1. The predicted molar refractivity (Wildman–Crippen MR) is 112 cm³/mol. The Morgan fingerprint density at radius 1 is 1.00 bits per heavy atom. The van der Waals surface area contributed by atoms with Gasteiger partial charge < -0.3 is 4.74 Å². The van der Waals surface area contributed by atoms with Gasteiger partial charge in [-0.1, -0.05) is 76.6 Å². The number of nitrogens with one attached hydrogen (secondary N) is 1. The van der Waals surface area contributed by atoms with Crippen molar-refractivity contribution in [3.05, 3.63) is 88.9 Å². The zero-order valence-electron chi connectivity index (χ0n) is 14.9. The second-order valence-electron chi connectivity index (χ2n) is 5.89. The van der Waals surface area contributed by atoms with Crippen LogP contribution in [0.2, 0.25) is 0 Å². The van der Waals surface area contributed by atoms with Crippen LogP contribution in [0.5, 0.6) is 5.75 Å². The van der Waals surface area contributed by atoms with Gasteiger partial charge in [0.05, 0.1) is 5.71 Å². The quantitative estimate of drug-likeness (QED) is 0.446. The van der Waals surface area contributed by atoms with Crippen LogP contribution in [-0.4, -0.2) is 18.2 Å². The summed E-state index contributed by atoms with van der Waals surface area (Å²) in [6.07, 6.45) is 0. The molecule has 0 aromatic heterocycles. The molecule has 3 aromatic rings. The topological polar surface area (TPSA) is 50.7 Å². The van der Waals surface area contributed by atoms with E-state index in [0.29, 0.717) is 11.5 Å². The maximum Gasteiger partial charge on any atom is 0.277 e. The van der Waals surface area contributed by atoms with Crippen LogP contribution in [0, 0.1) is 0 Å². The van der Waals surface area contributed by atoms with Crippen molar-refractivity contribution in [3.8, 4) is 16.9 Å². The van der Waals surface area contributed by atoms with Crippen molar-refractivity contribution < 1.29 is 9.53 Å². The number of benzene rings is 3. The van der Waals surface area contributed by atoms with Gasteiger partial charge in [0.15, 0.2) is 6.61 Å². The molecular weight excluding hydrogens is 404 g/mol. The molecule has 27 heavy (non-hydrogen) atoms. The van der Waals surface area contributed by atoms with Crippen LogP contribution >= 0.6 is 15.9 Å². The fraction of sp³-hybridized carbons (Fsp3) is 0.0909.